The summed E-state index contributed by atoms with van der Waals surface area (Å²) in [5, 5.41) is 0. The van der Waals surface area contributed by atoms with Gasteiger partial charge in [0.2, 0.25) is 0 Å². The molecule has 0 saturated carbocycles. The monoisotopic (exact) mass is 459 g/mol. The average Bonchev–Trinajstić information content (AvgIpc) is 2.94. The molecule has 2 aliphatic heterocycles. The van der Waals surface area contributed by atoms with Crippen LogP contribution in [0.4, 0.5) is 4.79 Å². The van der Waals surface area contributed by atoms with E-state index in [4.69, 9.17) is 14.2 Å². The van der Waals surface area contributed by atoms with Crippen LogP contribution in [0.25, 0.3) is 11.1 Å². The van der Waals surface area contributed by atoms with Crippen LogP contribution < -0.4 is 4.74 Å². The summed E-state index contributed by atoms with van der Waals surface area (Å²) in [6, 6.07) is 14.5. The van der Waals surface area contributed by atoms with Gasteiger partial charge < -0.3 is 19.1 Å². The first-order valence-corrected chi connectivity index (χ1v) is 12.6. The van der Waals surface area contributed by atoms with E-state index in [-0.39, 0.29) is 24.2 Å². The summed E-state index contributed by atoms with van der Waals surface area (Å²) in [4.78, 5) is 14.4. The highest BCUT2D eigenvalue weighted by Crippen LogP contribution is 2.33. The van der Waals surface area contributed by atoms with Crippen molar-refractivity contribution in [1.29, 1.82) is 0 Å². The maximum Gasteiger partial charge on any atom is 0.410 e. The van der Waals surface area contributed by atoms with Crippen molar-refractivity contribution in [2.75, 3.05) is 26.0 Å². The van der Waals surface area contributed by atoms with Crippen LogP contribution in [0.5, 0.6) is 5.75 Å². The zero-order chi connectivity index (χ0) is 23.1. The number of amides is 1. The fourth-order valence-electron chi connectivity index (χ4n) is 4.05. The van der Waals surface area contributed by atoms with Crippen molar-refractivity contribution in [2.24, 2.45) is 5.92 Å². The third-order valence-corrected chi connectivity index (χ3v) is 6.73. The van der Waals surface area contributed by atoms with Gasteiger partial charge in [-0.3, -0.25) is 0 Å². The molecule has 32 heavy (non-hydrogen) atoms. The van der Waals surface area contributed by atoms with E-state index in [1.165, 1.54) is 6.26 Å². The number of carbonyl (C=O) groups is 1. The fraction of sp³-hybridized carbons (Fsp3) is 0.458. The van der Waals surface area contributed by atoms with E-state index in [0.29, 0.717) is 24.6 Å². The van der Waals surface area contributed by atoms with Gasteiger partial charge in [-0.25, -0.2) is 13.2 Å². The Morgan fingerprint density at radius 1 is 1.00 bits per heavy atom. The van der Waals surface area contributed by atoms with E-state index >= 15 is 0 Å². The third-order valence-electron chi connectivity index (χ3n) is 5.60. The van der Waals surface area contributed by atoms with E-state index in [1.807, 2.05) is 45.0 Å². The lowest BCUT2D eigenvalue weighted by atomic mass is 9.96. The molecule has 4 rings (SSSR count). The Kier molecular flexibility index (Phi) is 5.94. The Balaban J connectivity index is 1.40. The van der Waals surface area contributed by atoms with E-state index in [2.05, 4.69) is 0 Å². The lowest BCUT2D eigenvalue weighted by molar-refractivity contribution is -0.0175. The van der Waals surface area contributed by atoms with Crippen LogP contribution >= 0.6 is 0 Å². The van der Waals surface area contributed by atoms with Gasteiger partial charge in [-0.15, -0.1) is 0 Å². The SMILES string of the molecule is CC(C)(C)OC(=O)N1CC2COC(C1)C2Oc1ccc(-c2ccc(S(C)(=O)=O)cc2)cc1. The molecule has 8 heteroatoms. The normalized spacial score (nSPS) is 23.1. The Labute approximate surface area is 189 Å². The van der Waals surface area contributed by atoms with Crippen molar-refractivity contribution in [2.45, 2.75) is 43.5 Å². The molecule has 2 fully saturated rings. The van der Waals surface area contributed by atoms with Crippen LogP contribution in [0.2, 0.25) is 0 Å². The van der Waals surface area contributed by atoms with E-state index < -0.39 is 15.4 Å². The summed E-state index contributed by atoms with van der Waals surface area (Å²) in [6.45, 7) is 7.11. The second kappa shape index (κ2) is 8.41. The van der Waals surface area contributed by atoms with E-state index in [0.717, 1.165) is 16.9 Å². The van der Waals surface area contributed by atoms with Gasteiger partial charge in [0.15, 0.2) is 9.84 Å². The molecule has 2 aromatic rings. The Morgan fingerprint density at radius 2 is 1.59 bits per heavy atom. The summed E-state index contributed by atoms with van der Waals surface area (Å²) < 4.78 is 40.9. The predicted octanol–water partition coefficient (Wildman–Crippen LogP) is 3.77. The number of carbonyl (C=O) groups excluding carboxylic acids is 1. The number of hydrogen-bond acceptors (Lipinski definition) is 6. The summed E-state index contributed by atoms with van der Waals surface area (Å²) >= 11 is 0. The first-order valence-electron chi connectivity index (χ1n) is 10.7. The minimum atomic E-state index is -3.21. The maximum absolute atomic E-state index is 12.4. The maximum atomic E-state index is 12.4. The minimum Gasteiger partial charge on any atom is -0.487 e. The van der Waals surface area contributed by atoms with Gasteiger partial charge >= 0.3 is 6.09 Å². The second-order valence-corrected chi connectivity index (χ2v) is 11.4. The highest BCUT2D eigenvalue weighted by molar-refractivity contribution is 7.90. The first-order chi connectivity index (χ1) is 15.0. The second-order valence-electron chi connectivity index (χ2n) is 9.42. The van der Waals surface area contributed by atoms with Crippen LogP contribution in [-0.4, -0.2) is 63.2 Å². The minimum absolute atomic E-state index is 0.0875. The zero-order valence-corrected chi connectivity index (χ0v) is 19.6. The molecule has 2 heterocycles. The van der Waals surface area contributed by atoms with E-state index in [9.17, 15) is 13.2 Å². The molecule has 2 aromatic carbocycles. The lowest BCUT2D eigenvalue weighted by Gasteiger charge is -2.36. The predicted molar refractivity (Wildman–Crippen MR) is 120 cm³/mol. The number of hydrogen-bond donors (Lipinski definition) is 0. The number of benzene rings is 2. The summed E-state index contributed by atoms with van der Waals surface area (Å²) in [6.07, 6.45) is 0.573. The molecular weight excluding hydrogens is 430 g/mol. The molecular formula is C24H29NO6S. The van der Waals surface area contributed by atoms with Crippen LogP contribution in [-0.2, 0) is 19.3 Å². The standard InChI is InChI=1S/C24H29NO6S/c1-24(2,3)31-23(26)25-13-18-15-29-21(14-25)22(18)30-19-9-5-16(6-10-19)17-7-11-20(12-8-17)32(4,27)28/h5-12,18,21-22H,13-15H2,1-4H3. The Morgan fingerprint density at radius 3 is 2.12 bits per heavy atom. The molecule has 3 atom stereocenters. The largest absolute Gasteiger partial charge is 0.487 e. The molecule has 3 unspecified atom stereocenters. The quantitative estimate of drug-likeness (QED) is 0.692. The Hall–Kier alpha value is -2.58. The number of ether oxygens (including phenoxy) is 3. The summed E-state index contributed by atoms with van der Waals surface area (Å²) in [7, 11) is -3.21. The van der Waals surface area contributed by atoms with Crippen molar-refractivity contribution in [3.05, 3.63) is 48.5 Å². The van der Waals surface area contributed by atoms with Gasteiger partial charge in [0, 0.05) is 18.7 Å². The van der Waals surface area contributed by atoms with Crippen LogP contribution in [0.1, 0.15) is 20.8 Å². The molecule has 0 aromatic heterocycles. The topological polar surface area (TPSA) is 82.1 Å². The molecule has 172 valence electrons. The molecule has 2 saturated heterocycles. The molecule has 1 amide bonds. The van der Waals surface area contributed by atoms with Crippen molar-refractivity contribution >= 4 is 15.9 Å². The number of likely N-dealkylation sites (tertiary alicyclic amines) is 1. The van der Waals surface area contributed by atoms with E-state index in [1.54, 1.807) is 29.2 Å². The fourth-order valence-corrected chi connectivity index (χ4v) is 4.68. The van der Waals surface area contributed by atoms with Crippen molar-refractivity contribution < 1.29 is 27.4 Å². The number of piperidine rings is 1. The number of rotatable bonds is 4. The van der Waals surface area contributed by atoms with Crippen molar-refractivity contribution in [3.63, 3.8) is 0 Å². The molecule has 2 bridgehead atoms. The molecule has 7 nitrogen and oxygen atoms in total. The van der Waals surface area contributed by atoms with Crippen LogP contribution in [0, 0.1) is 5.92 Å². The third kappa shape index (κ3) is 5.07. The number of sulfone groups is 1. The van der Waals surface area contributed by atoms with Gasteiger partial charge in [-0.1, -0.05) is 24.3 Å². The van der Waals surface area contributed by atoms with Crippen molar-refractivity contribution in [3.8, 4) is 16.9 Å². The molecule has 0 N–H and O–H groups in total. The first kappa shape index (κ1) is 22.6. The van der Waals surface area contributed by atoms with Crippen LogP contribution in [0.15, 0.2) is 53.4 Å². The molecule has 2 aliphatic rings. The van der Waals surface area contributed by atoms with Gasteiger partial charge in [-0.2, -0.15) is 0 Å². The zero-order valence-electron chi connectivity index (χ0n) is 18.8. The van der Waals surface area contributed by atoms with Gasteiger partial charge in [0.05, 0.1) is 18.0 Å². The smallest absolute Gasteiger partial charge is 0.410 e. The highest BCUT2D eigenvalue weighted by Gasteiger charge is 2.47. The summed E-state index contributed by atoms with van der Waals surface area (Å²) in [5.41, 5.74) is 1.37. The highest BCUT2D eigenvalue weighted by atomic mass is 32.2. The van der Waals surface area contributed by atoms with Crippen molar-refractivity contribution in [1.82, 2.24) is 4.90 Å². The molecule has 0 radical (unpaired) electrons. The molecule has 0 aliphatic carbocycles. The number of nitrogens with zero attached hydrogens (tertiary/aromatic N) is 1. The molecule has 0 spiro atoms. The van der Waals surface area contributed by atoms with Gasteiger partial charge in [0.1, 0.15) is 23.6 Å². The lowest BCUT2D eigenvalue weighted by Crippen LogP contribution is -2.53. The van der Waals surface area contributed by atoms with Gasteiger partial charge in [-0.05, 0) is 56.2 Å². The van der Waals surface area contributed by atoms with Gasteiger partial charge in [0.25, 0.3) is 0 Å². The number of fused-ring (bicyclic) bond motifs is 2. The van der Waals surface area contributed by atoms with Crippen LogP contribution in [0.3, 0.4) is 0 Å². The average molecular weight is 460 g/mol. The summed E-state index contributed by atoms with van der Waals surface area (Å²) in [5.74, 6) is 0.821. The Bertz CT molecular complexity index is 1060.